The van der Waals surface area contributed by atoms with Gasteiger partial charge in [-0.1, -0.05) is 12.1 Å². The van der Waals surface area contributed by atoms with Crippen molar-refractivity contribution in [2.24, 2.45) is 5.92 Å². The molecule has 0 aromatic heterocycles. The van der Waals surface area contributed by atoms with Gasteiger partial charge in [-0.3, -0.25) is 14.9 Å². The highest BCUT2D eigenvalue weighted by molar-refractivity contribution is 7.89. The molecule has 1 aliphatic rings. The Hall–Kier alpha value is -2.00. The molecule has 1 N–H and O–H groups in total. The molecule has 1 unspecified atom stereocenters. The predicted octanol–water partition coefficient (Wildman–Crippen LogP) is 0.690. The van der Waals surface area contributed by atoms with Crippen LogP contribution < -0.4 is 0 Å². The van der Waals surface area contributed by atoms with Gasteiger partial charge in [0.15, 0.2) is 4.90 Å². The number of carboxylic acid groups (broad SMARTS) is 1. The maximum atomic E-state index is 12.4. The SMILES string of the molecule is O=C(O)C1CCN(S(=O)(=O)c2ccccc2[N+](=O)[O-])C1. The van der Waals surface area contributed by atoms with Crippen LogP contribution in [-0.4, -0.2) is 41.8 Å². The van der Waals surface area contributed by atoms with E-state index in [1.54, 1.807) is 0 Å². The third-order valence-corrected chi connectivity index (χ3v) is 5.09. The first-order chi connectivity index (χ1) is 9.34. The summed E-state index contributed by atoms with van der Waals surface area (Å²) in [4.78, 5) is 20.6. The second-order valence-electron chi connectivity index (χ2n) is 4.41. The van der Waals surface area contributed by atoms with E-state index in [1.165, 1.54) is 12.1 Å². The Balaban J connectivity index is 2.37. The lowest BCUT2D eigenvalue weighted by Gasteiger charge is -2.15. The van der Waals surface area contributed by atoms with Crippen LogP contribution in [0.25, 0.3) is 0 Å². The first-order valence-electron chi connectivity index (χ1n) is 5.80. The molecule has 1 atom stereocenters. The van der Waals surface area contributed by atoms with E-state index >= 15 is 0 Å². The molecular weight excluding hydrogens is 288 g/mol. The highest BCUT2D eigenvalue weighted by atomic mass is 32.2. The highest BCUT2D eigenvalue weighted by Crippen LogP contribution is 2.29. The smallest absolute Gasteiger partial charge is 0.307 e. The van der Waals surface area contributed by atoms with Crippen LogP contribution in [0.5, 0.6) is 0 Å². The molecule has 1 aromatic carbocycles. The molecule has 1 fully saturated rings. The largest absolute Gasteiger partial charge is 0.481 e. The highest BCUT2D eigenvalue weighted by Gasteiger charge is 2.38. The summed E-state index contributed by atoms with van der Waals surface area (Å²) in [6.45, 7) is -0.116. The molecule has 108 valence electrons. The number of carbonyl (C=O) groups is 1. The van der Waals surface area contributed by atoms with Gasteiger partial charge in [0.1, 0.15) is 0 Å². The van der Waals surface area contributed by atoms with Crippen LogP contribution in [0.1, 0.15) is 6.42 Å². The van der Waals surface area contributed by atoms with Crippen molar-refractivity contribution in [3.63, 3.8) is 0 Å². The topological polar surface area (TPSA) is 118 Å². The second-order valence-corrected chi connectivity index (χ2v) is 6.32. The number of para-hydroxylation sites is 1. The zero-order valence-corrected chi connectivity index (χ0v) is 11.1. The van der Waals surface area contributed by atoms with E-state index in [4.69, 9.17) is 5.11 Å². The average Bonchev–Trinajstić information content (AvgIpc) is 2.89. The summed E-state index contributed by atoms with van der Waals surface area (Å²) >= 11 is 0. The standard InChI is InChI=1S/C11H12N2O6S/c14-11(15)8-5-6-12(7-8)20(18,19)10-4-2-1-3-9(10)13(16)17/h1-4,8H,5-7H2,(H,14,15). The van der Waals surface area contributed by atoms with Crippen molar-refractivity contribution in [3.8, 4) is 0 Å². The minimum Gasteiger partial charge on any atom is -0.481 e. The third kappa shape index (κ3) is 2.49. The number of hydrogen-bond acceptors (Lipinski definition) is 5. The minimum absolute atomic E-state index is 0.0470. The summed E-state index contributed by atoms with van der Waals surface area (Å²) < 4.78 is 25.7. The third-order valence-electron chi connectivity index (χ3n) is 3.18. The van der Waals surface area contributed by atoms with Crippen molar-refractivity contribution in [1.82, 2.24) is 4.31 Å². The molecule has 0 spiro atoms. The Kier molecular flexibility index (Phi) is 3.73. The Morgan fingerprint density at radius 1 is 1.40 bits per heavy atom. The van der Waals surface area contributed by atoms with Gasteiger partial charge >= 0.3 is 5.97 Å². The van der Waals surface area contributed by atoms with Gasteiger partial charge in [-0.05, 0) is 12.5 Å². The fourth-order valence-electron chi connectivity index (χ4n) is 2.11. The Morgan fingerprint density at radius 2 is 2.05 bits per heavy atom. The van der Waals surface area contributed by atoms with E-state index in [9.17, 15) is 23.3 Å². The van der Waals surface area contributed by atoms with Gasteiger partial charge in [-0.25, -0.2) is 8.42 Å². The molecule has 2 rings (SSSR count). The Labute approximate surface area is 114 Å². The van der Waals surface area contributed by atoms with Crippen LogP contribution in [0.2, 0.25) is 0 Å². The molecule has 1 aliphatic heterocycles. The summed E-state index contributed by atoms with van der Waals surface area (Å²) in [7, 11) is -4.05. The van der Waals surface area contributed by atoms with Gasteiger partial charge in [-0.15, -0.1) is 0 Å². The number of sulfonamides is 1. The summed E-state index contributed by atoms with van der Waals surface area (Å²) in [5.41, 5.74) is -0.508. The predicted molar refractivity (Wildman–Crippen MR) is 67.6 cm³/mol. The van der Waals surface area contributed by atoms with Gasteiger partial charge in [-0.2, -0.15) is 4.31 Å². The van der Waals surface area contributed by atoms with Crippen LogP contribution in [0.4, 0.5) is 5.69 Å². The number of carboxylic acids is 1. The lowest BCUT2D eigenvalue weighted by molar-refractivity contribution is -0.387. The van der Waals surface area contributed by atoms with Crippen molar-refractivity contribution >= 4 is 21.7 Å². The number of nitro benzene ring substituents is 1. The Bertz CT molecular complexity index is 657. The molecule has 9 heteroatoms. The molecule has 0 amide bonds. The minimum atomic E-state index is -4.05. The van der Waals surface area contributed by atoms with Crippen LogP contribution in [0.3, 0.4) is 0 Å². The van der Waals surface area contributed by atoms with E-state index in [0.717, 1.165) is 16.4 Å². The van der Waals surface area contributed by atoms with Crippen molar-refractivity contribution < 1.29 is 23.2 Å². The van der Waals surface area contributed by atoms with E-state index in [-0.39, 0.29) is 19.5 Å². The van der Waals surface area contributed by atoms with Crippen LogP contribution >= 0.6 is 0 Å². The molecule has 1 aromatic rings. The molecule has 1 heterocycles. The van der Waals surface area contributed by atoms with Crippen molar-refractivity contribution in [3.05, 3.63) is 34.4 Å². The zero-order valence-electron chi connectivity index (χ0n) is 10.3. The number of aliphatic carboxylic acids is 1. The van der Waals surface area contributed by atoms with Crippen molar-refractivity contribution in [1.29, 1.82) is 0 Å². The van der Waals surface area contributed by atoms with Crippen molar-refractivity contribution in [2.45, 2.75) is 11.3 Å². The summed E-state index contributed by atoms with van der Waals surface area (Å²) in [5, 5.41) is 19.8. The molecule has 20 heavy (non-hydrogen) atoms. The van der Waals surface area contributed by atoms with Gasteiger partial charge < -0.3 is 5.11 Å². The molecule has 0 saturated carbocycles. The molecule has 0 aliphatic carbocycles. The fourth-order valence-corrected chi connectivity index (χ4v) is 3.77. The number of rotatable bonds is 4. The molecule has 0 radical (unpaired) electrons. The number of nitro groups is 1. The van der Waals surface area contributed by atoms with E-state index < -0.39 is 37.4 Å². The molecule has 1 saturated heterocycles. The quantitative estimate of drug-likeness (QED) is 0.645. The van der Waals surface area contributed by atoms with Gasteiger partial charge in [0.05, 0.1) is 10.8 Å². The van der Waals surface area contributed by atoms with Crippen LogP contribution in [-0.2, 0) is 14.8 Å². The maximum absolute atomic E-state index is 12.4. The normalized spacial score (nSPS) is 19.9. The van der Waals surface area contributed by atoms with Crippen LogP contribution in [0.15, 0.2) is 29.2 Å². The van der Waals surface area contributed by atoms with Gasteiger partial charge in [0.2, 0.25) is 10.0 Å². The number of hydrogen-bond donors (Lipinski definition) is 1. The lowest BCUT2D eigenvalue weighted by atomic mass is 10.1. The maximum Gasteiger partial charge on any atom is 0.307 e. The van der Waals surface area contributed by atoms with E-state index in [2.05, 4.69) is 0 Å². The fraction of sp³-hybridized carbons (Fsp3) is 0.364. The molecule has 0 bridgehead atoms. The summed E-state index contributed by atoms with van der Waals surface area (Å²) in [5.74, 6) is -1.84. The average molecular weight is 300 g/mol. The molecule has 8 nitrogen and oxygen atoms in total. The zero-order chi connectivity index (χ0) is 14.9. The van der Waals surface area contributed by atoms with Gasteiger partial charge in [0, 0.05) is 19.2 Å². The Morgan fingerprint density at radius 3 is 2.60 bits per heavy atom. The number of benzene rings is 1. The van der Waals surface area contributed by atoms with Crippen LogP contribution in [0, 0.1) is 16.0 Å². The van der Waals surface area contributed by atoms with Gasteiger partial charge in [0.25, 0.3) is 5.69 Å². The first kappa shape index (κ1) is 14.4. The second kappa shape index (κ2) is 5.17. The summed E-state index contributed by atoms with van der Waals surface area (Å²) in [6, 6.07) is 5.03. The first-order valence-corrected chi connectivity index (χ1v) is 7.24. The molecular formula is C11H12N2O6S. The van der Waals surface area contributed by atoms with E-state index in [1.807, 2.05) is 0 Å². The number of nitrogens with zero attached hydrogens (tertiary/aromatic N) is 2. The van der Waals surface area contributed by atoms with E-state index in [0.29, 0.717) is 0 Å². The van der Waals surface area contributed by atoms with Crippen molar-refractivity contribution in [2.75, 3.05) is 13.1 Å². The summed E-state index contributed by atoms with van der Waals surface area (Å²) in [6.07, 6.45) is 0.204. The monoisotopic (exact) mass is 300 g/mol. The lowest BCUT2D eigenvalue weighted by Crippen LogP contribution is -2.30.